The molecule has 0 aromatic heterocycles. The molecule has 1 aliphatic rings. The van der Waals surface area contributed by atoms with Gasteiger partial charge in [0.05, 0.1) is 5.41 Å². The molecule has 0 bridgehead atoms. The third-order valence-corrected chi connectivity index (χ3v) is 2.81. The average Bonchev–Trinajstić information content (AvgIpc) is 2.87. The van der Waals surface area contributed by atoms with E-state index in [0.717, 1.165) is 12.8 Å². The molecule has 0 aliphatic heterocycles. The van der Waals surface area contributed by atoms with Gasteiger partial charge in [0, 0.05) is 13.2 Å². The fraction of sp³-hybridized carbons (Fsp3) is 0.889. The van der Waals surface area contributed by atoms with Gasteiger partial charge in [-0.2, -0.15) is 0 Å². The van der Waals surface area contributed by atoms with E-state index in [2.05, 4.69) is 0 Å². The summed E-state index contributed by atoms with van der Waals surface area (Å²) in [6.45, 7) is 0.0234. The van der Waals surface area contributed by atoms with Gasteiger partial charge in [-0.1, -0.05) is 12.8 Å². The van der Waals surface area contributed by atoms with Gasteiger partial charge in [-0.3, -0.25) is 4.79 Å². The molecule has 1 aliphatic carbocycles. The van der Waals surface area contributed by atoms with Crippen molar-refractivity contribution in [1.29, 1.82) is 0 Å². The Labute approximate surface area is 77.7 Å². The Hall–Kier alpha value is -0.610. The molecule has 1 fully saturated rings. The van der Waals surface area contributed by atoms with E-state index < -0.39 is 11.4 Å². The van der Waals surface area contributed by atoms with Crippen LogP contribution in [0.3, 0.4) is 0 Å². The summed E-state index contributed by atoms with van der Waals surface area (Å²) in [6.07, 6.45) is 3.12. The minimum Gasteiger partial charge on any atom is -0.481 e. The molecule has 4 N–H and O–H groups in total. The van der Waals surface area contributed by atoms with Gasteiger partial charge in [-0.05, 0) is 18.8 Å². The number of aliphatic hydroxyl groups is 1. The van der Waals surface area contributed by atoms with Gasteiger partial charge in [-0.15, -0.1) is 0 Å². The molecule has 0 spiro atoms. The topological polar surface area (TPSA) is 83.5 Å². The standard InChI is InChI=1S/C9H17NO3/c10-6-9(3-4-11,8(12)13)5-7-1-2-7/h7,11H,1-6,10H2,(H,12,13). The van der Waals surface area contributed by atoms with Crippen LogP contribution in [0.5, 0.6) is 0 Å². The van der Waals surface area contributed by atoms with Gasteiger partial charge in [-0.25, -0.2) is 0 Å². The van der Waals surface area contributed by atoms with E-state index in [-0.39, 0.29) is 19.6 Å². The number of rotatable bonds is 6. The highest BCUT2D eigenvalue weighted by atomic mass is 16.4. The fourth-order valence-corrected chi connectivity index (χ4v) is 1.66. The van der Waals surface area contributed by atoms with E-state index in [1.807, 2.05) is 0 Å². The average molecular weight is 187 g/mol. The second kappa shape index (κ2) is 4.07. The molecule has 76 valence electrons. The summed E-state index contributed by atoms with van der Waals surface area (Å²) in [5.74, 6) is -0.345. The van der Waals surface area contributed by atoms with Crippen molar-refractivity contribution in [2.75, 3.05) is 13.2 Å². The molecule has 1 saturated carbocycles. The van der Waals surface area contributed by atoms with Crippen LogP contribution in [0, 0.1) is 11.3 Å². The Morgan fingerprint density at radius 2 is 2.15 bits per heavy atom. The van der Waals surface area contributed by atoms with Gasteiger partial charge < -0.3 is 15.9 Å². The SMILES string of the molecule is NCC(CCO)(CC1CC1)C(=O)O. The Morgan fingerprint density at radius 1 is 1.54 bits per heavy atom. The largest absolute Gasteiger partial charge is 0.481 e. The van der Waals surface area contributed by atoms with E-state index >= 15 is 0 Å². The Bertz CT molecular complexity index is 191. The maximum absolute atomic E-state index is 11.0. The van der Waals surface area contributed by atoms with Gasteiger partial charge in [0.25, 0.3) is 0 Å². The van der Waals surface area contributed by atoms with Crippen molar-refractivity contribution in [3.05, 3.63) is 0 Å². The normalized spacial score (nSPS) is 21.1. The molecular weight excluding hydrogens is 170 g/mol. The molecule has 0 heterocycles. The van der Waals surface area contributed by atoms with E-state index in [4.69, 9.17) is 15.9 Å². The number of hydrogen-bond acceptors (Lipinski definition) is 3. The van der Waals surface area contributed by atoms with Crippen LogP contribution in [0.15, 0.2) is 0 Å². The molecule has 0 aromatic carbocycles. The Balaban J connectivity index is 2.61. The summed E-state index contributed by atoms with van der Waals surface area (Å²) >= 11 is 0. The molecule has 1 rings (SSSR count). The minimum absolute atomic E-state index is 0.101. The van der Waals surface area contributed by atoms with E-state index in [0.29, 0.717) is 12.3 Å². The van der Waals surface area contributed by atoms with Crippen molar-refractivity contribution < 1.29 is 15.0 Å². The lowest BCUT2D eigenvalue weighted by atomic mass is 9.79. The van der Waals surface area contributed by atoms with Gasteiger partial charge in [0.1, 0.15) is 0 Å². The second-order valence-electron chi connectivity index (χ2n) is 3.91. The highest BCUT2D eigenvalue weighted by Crippen LogP contribution is 2.41. The van der Waals surface area contributed by atoms with Crippen LogP contribution in [0.4, 0.5) is 0 Å². The molecule has 0 aromatic rings. The van der Waals surface area contributed by atoms with Crippen molar-refractivity contribution in [2.45, 2.75) is 25.7 Å². The molecule has 13 heavy (non-hydrogen) atoms. The predicted octanol–water partition coefficient (Wildman–Crippen LogP) is 0.199. The molecular formula is C9H17NO3. The molecule has 0 saturated heterocycles. The predicted molar refractivity (Wildman–Crippen MR) is 48.2 cm³/mol. The van der Waals surface area contributed by atoms with Crippen molar-refractivity contribution in [2.24, 2.45) is 17.1 Å². The van der Waals surface area contributed by atoms with Gasteiger partial charge in [0.15, 0.2) is 0 Å². The first-order valence-electron chi connectivity index (χ1n) is 4.69. The van der Waals surface area contributed by atoms with Crippen LogP contribution in [0.25, 0.3) is 0 Å². The van der Waals surface area contributed by atoms with Crippen LogP contribution in [0.2, 0.25) is 0 Å². The maximum Gasteiger partial charge on any atom is 0.311 e. The number of carboxylic acids is 1. The fourth-order valence-electron chi connectivity index (χ4n) is 1.66. The zero-order chi connectivity index (χ0) is 9.90. The molecule has 0 amide bonds. The molecule has 4 heteroatoms. The molecule has 1 atom stereocenters. The first kappa shape index (κ1) is 10.5. The summed E-state index contributed by atoms with van der Waals surface area (Å²) in [7, 11) is 0. The number of aliphatic carboxylic acids is 1. The van der Waals surface area contributed by atoms with Gasteiger partial charge >= 0.3 is 5.97 Å². The summed E-state index contributed by atoms with van der Waals surface area (Å²) in [6, 6.07) is 0. The number of carbonyl (C=O) groups is 1. The van der Waals surface area contributed by atoms with E-state index in [1.54, 1.807) is 0 Å². The number of hydrogen-bond donors (Lipinski definition) is 3. The van der Waals surface area contributed by atoms with Crippen LogP contribution in [0.1, 0.15) is 25.7 Å². The monoisotopic (exact) mass is 187 g/mol. The lowest BCUT2D eigenvalue weighted by molar-refractivity contribution is -0.150. The number of carboxylic acid groups (broad SMARTS) is 1. The summed E-state index contributed by atoms with van der Waals surface area (Å²) < 4.78 is 0. The van der Waals surface area contributed by atoms with Crippen molar-refractivity contribution in [3.8, 4) is 0 Å². The lowest BCUT2D eigenvalue weighted by Crippen LogP contribution is -2.40. The second-order valence-corrected chi connectivity index (χ2v) is 3.91. The van der Waals surface area contributed by atoms with Crippen LogP contribution in [-0.2, 0) is 4.79 Å². The molecule has 1 unspecified atom stereocenters. The molecule has 4 nitrogen and oxygen atoms in total. The van der Waals surface area contributed by atoms with E-state index in [1.165, 1.54) is 0 Å². The van der Waals surface area contributed by atoms with Crippen molar-refractivity contribution >= 4 is 5.97 Å². The quantitative estimate of drug-likeness (QED) is 0.554. The lowest BCUT2D eigenvalue weighted by Gasteiger charge is -2.26. The van der Waals surface area contributed by atoms with Crippen LogP contribution < -0.4 is 5.73 Å². The maximum atomic E-state index is 11.0. The minimum atomic E-state index is -0.879. The zero-order valence-corrected chi connectivity index (χ0v) is 7.70. The van der Waals surface area contributed by atoms with E-state index in [9.17, 15) is 4.79 Å². The summed E-state index contributed by atoms with van der Waals surface area (Å²) in [5.41, 5.74) is 4.60. The summed E-state index contributed by atoms with van der Waals surface area (Å²) in [5, 5.41) is 17.8. The van der Waals surface area contributed by atoms with Crippen LogP contribution in [-0.4, -0.2) is 29.3 Å². The van der Waals surface area contributed by atoms with Gasteiger partial charge in [0.2, 0.25) is 0 Å². The Morgan fingerprint density at radius 3 is 2.46 bits per heavy atom. The number of nitrogens with two attached hydrogens (primary N) is 1. The highest BCUT2D eigenvalue weighted by molar-refractivity contribution is 5.75. The highest BCUT2D eigenvalue weighted by Gasteiger charge is 2.41. The third kappa shape index (κ3) is 2.42. The summed E-state index contributed by atoms with van der Waals surface area (Å²) in [4.78, 5) is 11.0. The van der Waals surface area contributed by atoms with Crippen molar-refractivity contribution in [1.82, 2.24) is 0 Å². The zero-order valence-electron chi connectivity index (χ0n) is 7.70. The first-order valence-corrected chi connectivity index (χ1v) is 4.69. The van der Waals surface area contributed by atoms with Crippen LogP contribution >= 0.6 is 0 Å². The first-order chi connectivity index (χ1) is 6.14. The smallest absolute Gasteiger partial charge is 0.311 e. The number of aliphatic hydroxyl groups excluding tert-OH is 1. The van der Waals surface area contributed by atoms with Crippen molar-refractivity contribution in [3.63, 3.8) is 0 Å². The Kier molecular flexibility index (Phi) is 3.27. The third-order valence-electron chi connectivity index (χ3n) is 2.81. The molecule has 0 radical (unpaired) electrons.